The second kappa shape index (κ2) is 5.68. The van der Waals surface area contributed by atoms with Crippen molar-refractivity contribution in [2.45, 2.75) is 20.4 Å². The van der Waals surface area contributed by atoms with E-state index in [1.807, 2.05) is 0 Å². The van der Waals surface area contributed by atoms with Crippen LogP contribution in [0.15, 0.2) is 12.1 Å². The number of fused-ring (bicyclic) bond motifs is 1. The van der Waals surface area contributed by atoms with Crippen LogP contribution in [-0.4, -0.2) is 47.3 Å². The number of aromatic amines is 1. The van der Waals surface area contributed by atoms with Gasteiger partial charge < -0.3 is 14.3 Å². The van der Waals surface area contributed by atoms with Crippen LogP contribution in [-0.2, 0) is 11.3 Å². The maximum Gasteiger partial charge on any atom is 0.178 e. The fourth-order valence-electron chi connectivity index (χ4n) is 2.70. The zero-order chi connectivity index (χ0) is 14.1. The molecule has 1 saturated heterocycles. The first-order valence-corrected chi connectivity index (χ1v) is 7.56. The summed E-state index contributed by atoms with van der Waals surface area (Å²) in [7, 11) is 0. The van der Waals surface area contributed by atoms with Crippen molar-refractivity contribution in [1.29, 1.82) is 0 Å². The molecule has 108 valence electrons. The molecule has 0 radical (unpaired) electrons. The molecule has 1 aliphatic heterocycles. The van der Waals surface area contributed by atoms with Crippen molar-refractivity contribution in [3.8, 4) is 0 Å². The Labute approximate surface area is 124 Å². The fraction of sp³-hybridized carbons (Fsp3) is 0.533. The normalized spacial score (nSPS) is 16.9. The van der Waals surface area contributed by atoms with Gasteiger partial charge in [0.15, 0.2) is 4.77 Å². The minimum Gasteiger partial charge on any atom is -0.379 e. The van der Waals surface area contributed by atoms with Gasteiger partial charge in [0.1, 0.15) is 0 Å². The predicted molar refractivity (Wildman–Crippen MR) is 83.9 cm³/mol. The SMILES string of the molecule is Cc1cc2[nH]c(=S)n(CCN3CCOCC3)c2cc1C. The van der Waals surface area contributed by atoms with Gasteiger partial charge in [-0.2, -0.15) is 0 Å². The quantitative estimate of drug-likeness (QED) is 0.883. The van der Waals surface area contributed by atoms with E-state index in [2.05, 4.69) is 40.4 Å². The minimum absolute atomic E-state index is 0.818. The fourth-order valence-corrected chi connectivity index (χ4v) is 3.00. The molecule has 2 aromatic rings. The molecule has 20 heavy (non-hydrogen) atoms. The first-order chi connectivity index (χ1) is 9.65. The van der Waals surface area contributed by atoms with Gasteiger partial charge >= 0.3 is 0 Å². The van der Waals surface area contributed by atoms with Crippen molar-refractivity contribution in [1.82, 2.24) is 14.5 Å². The van der Waals surface area contributed by atoms with Crippen molar-refractivity contribution < 1.29 is 4.74 Å². The van der Waals surface area contributed by atoms with Gasteiger partial charge in [0.2, 0.25) is 0 Å². The molecule has 0 spiro atoms. The zero-order valence-corrected chi connectivity index (χ0v) is 12.9. The molecular formula is C15H21N3OS. The number of ether oxygens (including phenoxy) is 1. The summed E-state index contributed by atoms with van der Waals surface area (Å²) < 4.78 is 8.42. The van der Waals surface area contributed by atoms with Crippen molar-refractivity contribution >= 4 is 23.3 Å². The molecule has 1 fully saturated rings. The summed E-state index contributed by atoms with van der Waals surface area (Å²) in [5.41, 5.74) is 4.96. The molecule has 3 rings (SSSR count). The lowest BCUT2D eigenvalue weighted by Crippen LogP contribution is -2.38. The monoisotopic (exact) mass is 291 g/mol. The first kappa shape index (κ1) is 13.8. The van der Waals surface area contributed by atoms with Crippen LogP contribution in [0.4, 0.5) is 0 Å². The highest BCUT2D eigenvalue weighted by molar-refractivity contribution is 7.71. The van der Waals surface area contributed by atoms with E-state index in [0.717, 1.165) is 49.7 Å². The second-order valence-corrected chi connectivity index (χ2v) is 5.88. The Morgan fingerprint density at radius 1 is 1.15 bits per heavy atom. The number of hydrogen-bond donors (Lipinski definition) is 1. The first-order valence-electron chi connectivity index (χ1n) is 7.15. The molecule has 0 atom stereocenters. The van der Waals surface area contributed by atoms with Crippen molar-refractivity contribution in [2.24, 2.45) is 0 Å². The standard InChI is InChI=1S/C15H21N3OS/c1-11-9-13-14(10-12(11)2)18(15(20)16-13)4-3-17-5-7-19-8-6-17/h9-10H,3-8H2,1-2H3,(H,16,20). The topological polar surface area (TPSA) is 33.2 Å². The average Bonchev–Trinajstić information content (AvgIpc) is 2.73. The van der Waals surface area contributed by atoms with Crippen LogP contribution in [0.1, 0.15) is 11.1 Å². The minimum atomic E-state index is 0.818. The van der Waals surface area contributed by atoms with Crippen LogP contribution in [0, 0.1) is 18.6 Å². The van der Waals surface area contributed by atoms with Crippen LogP contribution in [0.5, 0.6) is 0 Å². The smallest absolute Gasteiger partial charge is 0.178 e. The number of benzene rings is 1. The van der Waals surface area contributed by atoms with Gasteiger partial charge in [0.05, 0.1) is 24.2 Å². The number of nitrogens with zero attached hydrogens (tertiary/aromatic N) is 2. The third-order valence-electron chi connectivity index (χ3n) is 4.13. The summed E-state index contributed by atoms with van der Waals surface area (Å²) in [4.78, 5) is 5.75. The second-order valence-electron chi connectivity index (χ2n) is 5.49. The lowest BCUT2D eigenvalue weighted by Gasteiger charge is -2.26. The molecule has 1 aliphatic rings. The molecule has 1 aromatic carbocycles. The summed E-state index contributed by atoms with van der Waals surface area (Å²) in [5.74, 6) is 0. The molecule has 0 aliphatic carbocycles. The van der Waals surface area contributed by atoms with E-state index >= 15 is 0 Å². The van der Waals surface area contributed by atoms with Gasteiger partial charge in [-0.1, -0.05) is 0 Å². The molecule has 0 amide bonds. The van der Waals surface area contributed by atoms with Crippen molar-refractivity contribution in [2.75, 3.05) is 32.8 Å². The highest BCUT2D eigenvalue weighted by Gasteiger charge is 2.12. The highest BCUT2D eigenvalue weighted by Crippen LogP contribution is 2.19. The van der Waals surface area contributed by atoms with E-state index in [4.69, 9.17) is 17.0 Å². The molecule has 4 nitrogen and oxygen atoms in total. The summed E-state index contributed by atoms with van der Waals surface area (Å²) in [6.45, 7) is 9.98. The number of aromatic nitrogens is 2. The number of morpholine rings is 1. The number of rotatable bonds is 3. The molecule has 5 heteroatoms. The Bertz CT molecular complexity index is 668. The van der Waals surface area contributed by atoms with E-state index in [-0.39, 0.29) is 0 Å². The van der Waals surface area contributed by atoms with Gasteiger partial charge in [0, 0.05) is 26.2 Å². The Hall–Kier alpha value is -1.17. The van der Waals surface area contributed by atoms with Gasteiger partial charge in [-0.15, -0.1) is 0 Å². The molecular weight excluding hydrogens is 270 g/mol. The number of imidazole rings is 1. The van der Waals surface area contributed by atoms with E-state index in [1.165, 1.54) is 16.6 Å². The van der Waals surface area contributed by atoms with Crippen molar-refractivity contribution in [3.05, 3.63) is 28.0 Å². The van der Waals surface area contributed by atoms with Crippen LogP contribution in [0.2, 0.25) is 0 Å². The van der Waals surface area contributed by atoms with Crippen LogP contribution < -0.4 is 0 Å². The number of hydrogen-bond acceptors (Lipinski definition) is 3. The van der Waals surface area contributed by atoms with E-state index in [9.17, 15) is 0 Å². The van der Waals surface area contributed by atoms with Crippen molar-refractivity contribution in [3.63, 3.8) is 0 Å². The highest BCUT2D eigenvalue weighted by atomic mass is 32.1. The molecule has 0 bridgehead atoms. The summed E-state index contributed by atoms with van der Waals surface area (Å²) in [5, 5.41) is 0. The van der Waals surface area contributed by atoms with E-state index in [0.29, 0.717) is 0 Å². The number of aryl methyl sites for hydroxylation is 2. The Kier molecular flexibility index (Phi) is 3.92. The third kappa shape index (κ3) is 2.66. The zero-order valence-electron chi connectivity index (χ0n) is 12.1. The lowest BCUT2D eigenvalue weighted by molar-refractivity contribution is 0.0365. The maximum absolute atomic E-state index is 5.47. The number of H-pyrrole nitrogens is 1. The van der Waals surface area contributed by atoms with Crippen LogP contribution >= 0.6 is 12.2 Å². The molecule has 0 unspecified atom stereocenters. The largest absolute Gasteiger partial charge is 0.379 e. The van der Waals surface area contributed by atoms with Gasteiger partial charge in [-0.05, 0) is 49.3 Å². The van der Waals surface area contributed by atoms with Crippen LogP contribution in [0.25, 0.3) is 11.0 Å². The summed E-state index contributed by atoms with van der Waals surface area (Å²) >= 11 is 5.47. The molecule has 1 aromatic heterocycles. The van der Waals surface area contributed by atoms with Gasteiger partial charge in [-0.3, -0.25) is 4.90 Å². The van der Waals surface area contributed by atoms with Gasteiger partial charge in [0.25, 0.3) is 0 Å². The van der Waals surface area contributed by atoms with E-state index < -0.39 is 0 Å². The third-order valence-corrected chi connectivity index (χ3v) is 4.46. The predicted octanol–water partition coefficient (Wildman–Crippen LogP) is 2.65. The van der Waals surface area contributed by atoms with E-state index in [1.54, 1.807) is 0 Å². The number of nitrogens with one attached hydrogen (secondary N) is 1. The van der Waals surface area contributed by atoms with Gasteiger partial charge in [-0.25, -0.2) is 0 Å². The Morgan fingerprint density at radius 3 is 2.60 bits per heavy atom. The maximum atomic E-state index is 5.47. The Morgan fingerprint density at radius 2 is 1.85 bits per heavy atom. The average molecular weight is 291 g/mol. The Balaban J connectivity index is 1.85. The molecule has 2 heterocycles. The molecule has 0 saturated carbocycles. The lowest BCUT2D eigenvalue weighted by atomic mass is 10.1. The summed E-state index contributed by atoms with van der Waals surface area (Å²) in [6.07, 6.45) is 0. The molecule has 1 N–H and O–H groups in total. The summed E-state index contributed by atoms with van der Waals surface area (Å²) in [6, 6.07) is 4.42. The van der Waals surface area contributed by atoms with Crippen LogP contribution in [0.3, 0.4) is 0 Å².